The molecule has 2 aromatic carbocycles. The Kier molecular flexibility index (Phi) is 9.67. The number of carbonyl (C=O) groups is 2. The maximum Gasteiger partial charge on any atom is 0.240 e. The molecule has 9 heteroatoms. The highest BCUT2D eigenvalue weighted by molar-refractivity contribution is 7.89. The van der Waals surface area contributed by atoms with Gasteiger partial charge in [0, 0.05) is 25.1 Å². The molecule has 0 bridgehead atoms. The van der Waals surface area contributed by atoms with Gasteiger partial charge in [0.15, 0.2) is 17.3 Å². The number of amides is 1. The molecule has 1 amide bonds. The summed E-state index contributed by atoms with van der Waals surface area (Å²) in [6.07, 6.45) is 0.598. The van der Waals surface area contributed by atoms with Gasteiger partial charge in [-0.1, -0.05) is 18.2 Å². The Morgan fingerprint density at radius 2 is 1.66 bits per heavy atom. The lowest BCUT2D eigenvalue weighted by Gasteiger charge is -2.13. The van der Waals surface area contributed by atoms with Gasteiger partial charge in [0.05, 0.1) is 18.1 Å². The van der Waals surface area contributed by atoms with E-state index in [1.807, 2.05) is 32.0 Å². The second-order valence-corrected chi connectivity index (χ2v) is 8.75. The van der Waals surface area contributed by atoms with Crippen molar-refractivity contribution in [2.45, 2.75) is 38.5 Å². The highest BCUT2D eigenvalue weighted by Crippen LogP contribution is 2.28. The van der Waals surface area contributed by atoms with Gasteiger partial charge in [0.2, 0.25) is 15.9 Å². The van der Waals surface area contributed by atoms with Gasteiger partial charge in [0.25, 0.3) is 0 Å². The highest BCUT2D eigenvalue weighted by Gasteiger charge is 2.15. The van der Waals surface area contributed by atoms with Crippen LogP contribution in [0.25, 0.3) is 0 Å². The fraction of sp³-hybridized carbons (Fsp3) is 0.391. The highest BCUT2D eigenvalue weighted by atomic mass is 32.2. The lowest BCUT2D eigenvalue weighted by atomic mass is 10.1. The second kappa shape index (κ2) is 12.2. The van der Waals surface area contributed by atoms with Crippen molar-refractivity contribution in [2.24, 2.45) is 0 Å². The number of ether oxygens (including phenoxy) is 2. The molecule has 0 heterocycles. The van der Waals surface area contributed by atoms with Gasteiger partial charge in [-0.3, -0.25) is 9.59 Å². The average Bonchev–Trinajstić information content (AvgIpc) is 2.76. The summed E-state index contributed by atoms with van der Waals surface area (Å²) in [5.74, 6) is 0.869. The Labute approximate surface area is 189 Å². The van der Waals surface area contributed by atoms with E-state index >= 15 is 0 Å². The third-order valence-electron chi connectivity index (χ3n) is 4.54. The van der Waals surface area contributed by atoms with Crippen LogP contribution in [0.1, 0.15) is 43.1 Å². The third-order valence-corrected chi connectivity index (χ3v) is 6.00. The van der Waals surface area contributed by atoms with Crippen LogP contribution in [0.5, 0.6) is 11.5 Å². The molecule has 0 spiro atoms. The fourth-order valence-electron chi connectivity index (χ4n) is 2.95. The van der Waals surface area contributed by atoms with Crippen molar-refractivity contribution in [1.82, 2.24) is 10.0 Å². The molecular formula is C23H30N2O6S. The zero-order chi connectivity index (χ0) is 23.6. The van der Waals surface area contributed by atoms with Gasteiger partial charge in [-0.05, 0) is 57.0 Å². The lowest BCUT2D eigenvalue weighted by Crippen LogP contribution is -2.31. The van der Waals surface area contributed by atoms with Crippen LogP contribution < -0.4 is 19.5 Å². The summed E-state index contributed by atoms with van der Waals surface area (Å²) in [6.45, 7) is 6.60. The summed E-state index contributed by atoms with van der Waals surface area (Å²) < 4.78 is 38.3. The Balaban J connectivity index is 1.81. The SMILES string of the molecule is CCOc1ccc(CCNC(=O)CCNS(=O)(=O)c2cccc(C(C)=O)c2)cc1OCC. The minimum absolute atomic E-state index is 0.000890. The molecule has 2 rings (SSSR count). The van der Waals surface area contributed by atoms with Crippen LogP contribution in [-0.2, 0) is 21.2 Å². The zero-order valence-corrected chi connectivity index (χ0v) is 19.5. The first-order valence-electron chi connectivity index (χ1n) is 10.5. The number of Topliss-reactive ketones (excluding diaryl/α,β-unsaturated/α-hetero) is 1. The number of nitrogens with one attached hydrogen (secondary N) is 2. The Bertz CT molecular complexity index is 1040. The second-order valence-electron chi connectivity index (χ2n) is 6.98. The molecule has 0 aliphatic rings. The summed E-state index contributed by atoms with van der Waals surface area (Å²) in [6, 6.07) is 11.4. The van der Waals surface area contributed by atoms with E-state index in [1.165, 1.54) is 25.1 Å². The molecule has 0 aromatic heterocycles. The predicted molar refractivity (Wildman–Crippen MR) is 122 cm³/mol. The van der Waals surface area contributed by atoms with Crippen molar-refractivity contribution in [1.29, 1.82) is 0 Å². The van der Waals surface area contributed by atoms with E-state index in [4.69, 9.17) is 9.47 Å². The van der Waals surface area contributed by atoms with Crippen LogP contribution in [0.15, 0.2) is 47.4 Å². The van der Waals surface area contributed by atoms with Crippen molar-refractivity contribution >= 4 is 21.7 Å². The van der Waals surface area contributed by atoms with Gasteiger partial charge >= 0.3 is 0 Å². The quantitative estimate of drug-likeness (QED) is 0.443. The van der Waals surface area contributed by atoms with Crippen LogP contribution in [0.4, 0.5) is 0 Å². The first kappa shape index (κ1) is 25.4. The number of hydrogen-bond acceptors (Lipinski definition) is 6. The minimum atomic E-state index is -3.80. The first-order chi connectivity index (χ1) is 15.3. The van der Waals surface area contributed by atoms with E-state index in [0.717, 1.165) is 5.56 Å². The molecule has 0 atom stereocenters. The van der Waals surface area contributed by atoms with Crippen LogP contribution in [-0.4, -0.2) is 46.4 Å². The molecule has 2 N–H and O–H groups in total. The predicted octanol–water partition coefficient (Wildman–Crippen LogP) is 2.71. The topological polar surface area (TPSA) is 111 Å². The van der Waals surface area contributed by atoms with E-state index in [-0.39, 0.29) is 29.6 Å². The van der Waals surface area contributed by atoms with Crippen molar-refractivity contribution in [3.05, 3.63) is 53.6 Å². The summed E-state index contributed by atoms with van der Waals surface area (Å²) >= 11 is 0. The summed E-state index contributed by atoms with van der Waals surface area (Å²) in [5, 5.41) is 2.78. The summed E-state index contributed by atoms with van der Waals surface area (Å²) in [4.78, 5) is 23.5. The van der Waals surface area contributed by atoms with E-state index in [0.29, 0.717) is 43.2 Å². The van der Waals surface area contributed by atoms with E-state index in [9.17, 15) is 18.0 Å². The molecule has 0 unspecified atom stereocenters. The van der Waals surface area contributed by atoms with Crippen molar-refractivity contribution < 1.29 is 27.5 Å². The molecule has 0 radical (unpaired) electrons. The van der Waals surface area contributed by atoms with Gasteiger partial charge in [-0.15, -0.1) is 0 Å². The Hall–Kier alpha value is -2.91. The Morgan fingerprint density at radius 3 is 2.34 bits per heavy atom. The van der Waals surface area contributed by atoms with E-state index in [2.05, 4.69) is 10.0 Å². The van der Waals surface area contributed by atoms with Crippen molar-refractivity contribution in [3.8, 4) is 11.5 Å². The maximum absolute atomic E-state index is 12.4. The molecule has 0 aliphatic heterocycles. The normalized spacial score (nSPS) is 11.1. The fourth-order valence-corrected chi connectivity index (χ4v) is 4.03. The summed E-state index contributed by atoms with van der Waals surface area (Å²) in [5.41, 5.74) is 1.30. The molecule has 0 aliphatic carbocycles. The number of benzene rings is 2. The lowest BCUT2D eigenvalue weighted by molar-refractivity contribution is -0.120. The standard InChI is InChI=1S/C23H30N2O6S/c1-4-30-21-10-9-18(15-22(21)31-5-2)11-13-24-23(27)12-14-25-32(28,29)20-8-6-7-19(16-20)17(3)26/h6-10,15-16,25H,4-5,11-14H2,1-3H3,(H,24,27). The minimum Gasteiger partial charge on any atom is -0.490 e. The smallest absolute Gasteiger partial charge is 0.240 e. The van der Waals surface area contributed by atoms with Gasteiger partial charge in [-0.25, -0.2) is 13.1 Å². The van der Waals surface area contributed by atoms with Crippen LogP contribution in [0.3, 0.4) is 0 Å². The largest absolute Gasteiger partial charge is 0.490 e. The Morgan fingerprint density at radius 1 is 0.938 bits per heavy atom. The van der Waals surface area contributed by atoms with Crippen LogP contribution in [0, 0.1) is 0 Å². The van der Waals surface area contributed by atoms with Crippen molar-refractivity contribution in [2.75, 3.05) is 26.3 Å². The number of rotatable bonds is 13. The molecule has 0 saturated heterocycles. The number of hydrogen-bond donors (Lipinski definition) is 2. The third kappa shape index (κ3) is 7.65. The van der Waals surface area contributed by atoms with Crippen molar-refractivity contribution in [3.63, 3.8) is 0 Å². The van der Waals surface area contributed by atoms with Crippen LogP contribution >= 0.6 is 0 Å². The van der Waals surface area contributed by atoms with E-state index < -0.39 is 10.0 Å². The summed E-state index contributed by atoms with van der Waals surface area (Å²) in [7, 11) is -3.80. The molecule has 0 saturated carbocycles. The number of carbonyl (C=O) groups excluding carboxylic acids is 2. The number of ketones is 1. The van der Waals surface area contributed by atoms with Crippen LogP contribution in [0.2, 0.25) is 0 Å². The average molecular weight is 463 g/mol. The zero-order valence-electron chi connectivity index (χ0n) is 18.6. The molecule has 0 fully saturated rings. The molecule has 174 valence electrons. The number of sulfonamides is 1. The molecule has 8 nitrogen and oxygen atoms in total. The first-order valence-corrected chi connectivity index (χ1v) is 12.0. The van der Waals surface area contributed by atoms with Gasteiger partial charge in [0.1, 0.15) is 0 Å². The molecule has 2 aromatic rings. The molecule has 32 heavy (non-hydrogen) atoms. The van der Waals surface area contributed by atoms with Gasteiger partial charge < -0.3 is 14.8 Å². The van der Waals surface area contributed by atoms with E-state index in [1.54, 1.807) is 6.07 Å². The molecular weight excluding hydrogens is 432 g/mol. The van der Waals surface area contributed by atoms with Gasteiger partial charge in [-0.2, -0.15) is 0 Å². The maximum atomic E-state index is 12.4. The monoisotopic (exact) mass is 462 g/mol.